The standard InChI is InChI=1S/C11H20N4O2/c1-9(2)14-11(17)7-12-5-10-6-13-15(8-10)3-4-16/h6,8-9,12,16H,3-5,7H2,1-2H3,(H,14,17). The van der Waals surface area contributed by atoms with Crippen LogP contribution in [0.4, 0.5) is 0 Å². The number of hydrogen-bond acceptors (Lipinski definition) is 4. The summed E-state index contributed by atoms with van der Waals surface area (Å²) in [5.41, 5.74) is 0.996. The summed E-state index contributed by atoms with van der Waals surface area (Å²) in [6.45, 7) is 5.31. The SMILES string of the molecule is CC(C)NC(=O)CNCc1cnn(CCO)c1. The number of rotatable bonds is 7. The van der Waals surface area contributed by atoms with Gasteiger partial charge in [0.1, 0.15) is 0 Å². The van der Waals surface area contributed by atoms with Gasteiger partial charge in [-0.2, -0.15) is 5.10 Å². The van der Waals surface area contributed by atoms with Crippen LogP contribution in [0, 0.1) is 0 Å². The van der Waals surface area contributed by atoms with Gasteiger partial charge in [0, 0.05) is 24.3 Å². The summed E-state index contributed by atoms with van der Waals surface area (Å²) < 4.78 is 1.67. The van der Waals surface area contributed by atoms with Crippen LogP contribution in [0.2, 0.25) is 0 Å². The first-order valence-electron chi connectivity index (χ1n) is 5.74. The maximum absolute atomic E-state index is 11.3. The molecule has 1 aromatic rings. The van der Waals surface area contributed by atoms with E-state index < -0.39 is 0 Å². The van der Waals surface area contributed by atoms with Crippen molar-refractivity contribution in [3.05, 3.63) is 18.0 Å². The zero-order valence-corrected chi connectivity index (χ0v) is 10.3. The summed E-state index contributed by atoms with van der Waals surface area (Å²) in [6.07, 6.45) is 3.58. The minimum atomic E-state index is -0.0113. The maximum atomic E-state index is 11.3. The second kappa shape index (κ2) is 7.03. The molecular weight excluding hydrogens is 220 g/mol. The van der Waals surface area contributed by atoms with Gasteiger partial charge in [0.25, 0.3) is 0 Å². The van der Waals surface area contributed by atoms with Gasteiger partial charge in [0.2, 0.25) is 5.91 Å². The van der Waals surface area contributed by atoms with Crippen LogP contribution in [0.25, 0.3) is 0 Å². The van der Waals surface area contributed by atoms with Gasteiger partial charge in [0.15, 0.2) is 0 Å². The molecular formula is C11H20N4O2. The number of aromatic nitrogens is 2. The lowest BCUT2D eigenvalue weighted by atomic mass is 10.3. The van der Waals surface area contributed by atoms with E-state index in [1.165, 1.54) is 0 Å². The molecule has 0 unspecified atom stereocenters. The van der Waals surface area contributed by atoms with E-state index in [4.69, 9.17) is 5.11 Å². The average molecular weight is 240 g/mol. The van der Waals surface area contributed by atoms with Crippen molar-refractivity contribution in [2.24, 2.45) is 0 Å². The predicted molar refractivity (Wildman–Crippen MR) is 64.3 cm³/mol. The van der Waals surface area contributed by atoms with Crippen LogP contribution < -0.4 is 10.6 Å². The lowest BCUT2D eigenvalue weighted by Gasteiger charge is -2.08. The summed E-state index contributed by atoms with van der Waals surface area (Å²) in [5, 5.41) is 18.6. The number of hydrogen-bond donors (Lipinski definition) is 3. The Labute approximate surface area is 101 Å². The fraction of sp³-hybridized carbons (Fsp3) is 0.636. The molecule has 96 valence electrons. The lowest BCUT2D eigenvalue weighted by Crippen LogP contribution is -2.37. The Bertz CT molecular complexity index is 349. The minimum Gasteiger partial charge on any atom is -0.394 e. The molecule has 0 spiro atoms. The largest absolute Gasteiger partial charge is 0.394 e. The fourth-order valence-corrected chi connectivity index (χ4v) is 1.42. The highest BCUT2D eigenvalue weighted by atomic mass is 16.3. The minimum absolute atomic E-state index is 0.0113. The van der Waals surface area contributed by atoms with Crippen LogP contribution in [-0.4, -0.2) is 40.0 Å². The fourth-order valence-electron chi connectivity index (χ4n) is 1.42. The molecule has 1 heterocycles. The van der Waals surface area contributed by atoms with E-state index in [-0.39, 0.29) is 18.6 Å². The molecule has 0 aromatic carbocycles. The van der Waals surface area contributed by atoms with E-state index in [2.05, 4.69) is 15.7 Å². The highest BCUT2D eigenvalue weighted by Gasteiger charge is 2.03. The van der Waals surface area contributed by atoms with Gasteiger partial charge in [-0.15, -0.1) is 0 Å². The first-order chi connectivity index (χ1) is 8.11. The van der Waals surface area contributed by atoms with Crippen LogP contribution in [0.3, 0.4) is 0 Å². The highest BCUT2D eigenvalue weighted by molar-refractivity contribution is 5.78. The Kier molecular flexibility index (Phi) is 5.65. The first kappa shape index (κ1) is 13.7. The molecule has 0 fully saturated rings. The van der Waals surface area contributed by atoms with Crippen molar-refractivity contribution in [2.75, 3.05) is 13.2 Å². The van der Waals surface area contributed by atoms with Gasteiger partial charge < -0.3 is 15.7 Å². The van der Waals surface area contributed by atoms with Gasteiger partial charge >= 0.3 is 0 Å². The third-order valence-corrected chi connectivity index (χ3v) is 2.08. The molecule has 6 nitrogen and oxygen atoms in total. The van der Waals surface area contributed by atoms with Gasteiger partial charge in [-0.25, -0.2) is 0 Å². The number of aliphatic hydroxyl groups excluding tert-OH is 1. The molecule has 6 heteroatoms. The van der Waals surface area contributed by atoms with Gasteiger partial charge in [0.05, 0.1) is 25.9 Å². The molecule has 1 aromatic heterocycles. The second-order valence-electron chi connectivity index (χ2n) is 4.16. The Balaban J connectivity index is 2.23. The molecule has 0 atom stereocenters. The van der Waals surface area contributed by atoms with E-state index >= 15 is 0 Å². The van der Waals surface area contributed by atoms with Crippen LogP contribution in [0.15, 0.2) is 12.4 Å². The Hall–Kier alpha value is -1.40. The number of nitrogens with zero attached hydrogens (tertiary/aromatic N) is 2. The summed E-state index contributed by atoms with van der Waals surface area (Å²) in [4.78, 5) is 11.3. The Morgan fingerprint density at radius 1 is 1.59 bits per heavy atom. The molecule has 0 bridgehead atoms. The number of aliphatic hydroxyl groups is 1. The molecule has 0 aliphatic rings. The lowest BCUT2D eigenvalue weighted by molar-refractivity contribution is -0.120. The summed E-state index contributed by atoms with van der Waals surface area (Å²) in [5.74, 6) is -0.0113. The topological polar surface area (TPSA) is 79.2 Å². The molecule has 0 saturated carbocycles. The molecule has 0 radical (unpaired) electrons. The zero-order valence-electron chi connectivity index (χ0n) is 10.3. The molecule has 1 amide bonds. The number of carbonyl (C=O) groups is 1. The second-order valence-corrected chi connectivity index (χ2v) is 4.16. The smallest absolute Gasteiger partial charge is 0.234 e. The maximum Gasteiger partial charge on any atom is 0.234 e. The third kappa shape index (κ3) is 5.46. The van der Waals surface area contributed by atoms with Crippen molar-refractivity contribution >= 4 is 5.91 Å². The van der Waals surface area contributed by atoms with Crippen LogP contribution in [-0.2, 0) is 17.9 Å². The summed E-state index contributed by atoms with van der Waals surface area (Å²) >= 11 is 0. The molecule has 0 aliphatic carbocycles. The number of amides is 1. The third-order valence-electron chi connectivity index (χ3n) is 2.08. The Morgan fingerprint density at radius 2 is 2.35 bits per heavy atom. The van der Waals surface area contributed by atoms with Gasteiger partial charge in [-0.3, -0.25) is 9.48 Å². The van der Waals surface area contributed by atoms with E-state index in [0.717, 1.165) is 5.56 Å². The molecule has 0 aliphatic heterocycles. The van der Waals surface area contributed by atoms with E-state index in [9.17, 15) is 4.79 Å². The van der Waals surface area contributed by atoms with E-state index in [0.29, 0.717) is 19.6 Å². The van der Waals surface area contributed by atoms with Gasteiger partial charge in [-0.05, 0) is 13.8 Å². The molecule has 3 N–H and O–H groups in total. The number of nitrogens with one attached hydrogen (secondary N) is 2. The van der Waals surface area contributed by atoms with Crippen molar-refractivity contribution in [2.45, 2.75) is 33.0 Å². The summed E-state index contributed by atoms with van der Waals surface area (Å²) in [6, 6.07) is 0.164. The van der Waals surface area contributed by atoms with E-state index in [1.807, 2.05) is 20.0 Å². The highest BCUT2D eigenvalue weighted by Crippen LogP contribution is 1.96. The van der Waals surface area contributed by atoms with Crippen LogP contribution >= 0.6 is 0 Å². The zero-order chi connectivity index (χ0) is 12.7. The first-order valence-corrected chi connectivity index (χ1v) is 5.74. The quantitative estimate of drug-likeness (QED) is 0.600. The van der Waals surface area contributed by atoms with Crippen LogP contribution in [0.1, 0.15) is 19.4 Å². The van der Waals surface area contributed by atoms with E-state index in [1.54, 1.807) is 10.9 Å². The molecule has 1 rings (SSSR count). The van der Waals surface area contributed by atoms with Crippen molar-refractivity contribution in [1.82, 2.24) is 20.4 Å². The predicted octanol–water partition coefficient (Wildman–Crippen LogP) is -0.510. The number of carbonyl (C=O) groups excluding carboxylic acids is 1. The summed E-state index contributed by atoms with van der Waals surface area (Å²) in [7, 11) is 0. The average Bonchev–Trinajstić information content (AvgIpc) is 2.65. The van der Waals surface area contributed by atoms with Gasteiger partial charge in [-0.1, -0.05) is 0 Å². The van der Waals surface area contributed by atoms with Crippen molar-refractivity contribution < 1.29 is 9.90 Å². The monoisotopic (exact) mass is 240 g/mol. The van der Waals surface area contributed by atoms with Crippen molar-refractivity contribution in [1.29, 1.82) is 0 Å². The Morgan fingerprint density at radius 3 is 3.00 bits per heavy atom. The normalized spacial score (nSPS) is 10.8. The molecule has 17 heavy (non-hydrogen) atoms. The van der Waals surface area contributed by atoms with Crippen LogP contribution in [0.5, 0.6) is 0 Å². The van der Waals surface area contributed by atoms with Crippen molar-refractivity contribution in [3.8, 4) is 0 Å². The molecule has 0 saturated heterocycles. The van der Waals surface area contributed by atoms with Crippen molar-refractivity contribution in [3.63, 3.8) is 0 Å².